The zero-order valence-corrected chi connectivity index (χ0v) is 13.8. The Balaban J connectivity index is 1.93. The van der Waals surface area contributed by atoms with Crippen LogP contribution in [0.2, 0.25) is 0 Å². The average Bonchev–Trinajstić information content (AvgIpc) is 2.52. The van der Waals surface area contributed by atoms with Crippen molar-refractivity contribution in [1.29, 1.82) is 0 Å². The number of rotatable bonds is 5. The summed E-state index contributed by atoms with van der Waals surface area (Å²) in [4.78, 5) is 29.3. The molecule has 2 heterocycles. The number of hydrogen-bond donors (Lipinski definition) is 2. The fraction of sp³-hybridized carbons (Fsp3) is 0.588. The number of pyridine rings is 1. The zero-order chi connectivity index (χ0) is 16.8. The SMILES string of the molecule is Cc1cc(C)c(CNC(=O)N2CCCCC2CCC(=O)O)cn1. The summed E-state index contributed by atoms with van der Waals surface area (Å²) in [6, 6.07) is 1.91. The lowest BCUT2D eigenvalue weighted by Gasteiger charge is -2.35. The largest absolute Gasteiger partial charge is 0.481 e. The molecule has 126 valence electrons. The number of carboxylic acid groups (broad SMARTS) is 1. The van der Waals surface area contributed by atoms with Gasteiger partial charge in [-0.1, -0.05) is 0 Å². The first kappa shape index (κ1) is 17.2. The molecule has 0 spiro atoms. The summed E-state index contributed by atoms with van der Waals surface area (Å²) in [6.07, 6.45) is 5.33. The fourth-order valence-corrected chi connectivity index (χ4v) is 3.04. The Labute approximate surface area is 136 Å². The predicted octanol–water partition coefficient (Wildman–Crippen LogP) is 2.63. The molecule has 0 radical (unpaired) electrons. The molecule has 1 aliphatic rings. The number of urea groups is 1. The van der Waals surface area contributed by atoms with Crippen LogP contribution in [0.25, 0.3) is 0 Å². The summed E-state index contributed by atoms with van der Waals surface area (Å²) in [5.74, 6) is -0.808. The second-order valence-corrected chi connectivity index (χ2v) is 6.19. The summed E-state index contributed by atoms with van der Waals surface area (Å²) in [5, 5.41) is 11.8. The second-order valence-electron chi connectivity index (χ2n) is 6.19. The highest BCUT2D eigenvalue weighted by molar-refractivity contribution is 5.75. The van der Waals surface area contributed by atoms with Gasteiger partial charge in [0.1, 0.15) is 0 Å². The van der Waals surface area contributed by atoms with Gasteiger partial charge < -0.3 is 15.3 Å². The van der Waals surface area contributed by atoms with E-state index in [0.29, 0.717) is 19.5 Å². The van der Waals surface area contributed by atoms with Crippen molar-refractivity contribution in [3.8, 4) is 0 Å². The van der Waals surface area contributed by atoms with E-state index in [2.05, 4.69) is 10.3 Å². The Bertz CT molecular complexity index is 574. The third-order valence-corrected chi connectivity index (χ3v) is 4.37. The number of carboxylic acids is 1. The summed E-state index contributed by atoms with van der Waals surface area (Å²) in [7, 11) is 0. The van der Waals surface area contributed by atoms with E-state index in [1.165, 1.54) is 0 Å². The Kier molecular flexibility index (Phi) is 5.96. The molecule has 1 aromatic heterocycles. The number of aryl methyl sites for hydroxylation is 2. The molecular formula is C17H25N3O3. The van der Waals surface area contributed by atoms with Crippen molar-refractivity contribution in [3.05, 3.63) is 29.1 Å². The van der Waals surface area contributed by atoms with E-state index in [1.54, 1.807) is 11.1 Å². The summed E-state index contributed by atoms with van der Waals surface area (Å²) in [6.45, 7) is 5.09. The zero-order valence-electron chi connectivity index (χ0n) is 13.8. The Morgan fingerprint density at radius 2 is 2.17 bits per heavy atom. The molecule has 0 aromatic carbocycles. The van der Waals surface area contributed by atoms with Gasteiger partial charge in [-0.3, -0.25) is 9.78 Å². The van der Waals surface area contributed by atoms with Crippen molar-refractivity contribution in [2.75, 3.05) is 6.54 Å². The van der Waals surface area contributed by atoms with Crippen LogP contribution >= 0.6 is 0 Å². The quantitative estimate of drug-likeness (QED) is 0.874. The highest BCUT2D eigenvalue weighted by atomic mass is 16.4. The lowest BCUT2D eigenvalue weighted by atomic mass is 9.98. The number of aromatic nitrogens is 1. The average molecular weight is 319 g/mol. The molecule has 2 N–H and O–H groups in total. The Hall–Kier alpha value is -2.11. The van der Waals surface area contributed by atoms with Crippen molar-refractivity contribution < 1.29 is 14.7 Å². The molecule has 0 saturated carbocycles. The molecule has 1 atom stereocenters. The maximum absolute atomic E-state index is 12.5. The van der Waals surface area contributed by atoms with E-state index in [-0.39, 0.29) is 18.5 Å². The normalized spacial score (nSPS) is 17.8. The molecule has 1 fully saturated rings. The molecule has 1 aromatic rings. The van der Waals surface area contributed by atoms with E-state index in [1.807, 2.05) is 19.9 Å². The summed E-state index contributed by atoms with van der Waals surface area (Å²) < 4.78 is 0. The Morgan fingerprint density at radius 1 is 1.39 bits per heavy atom. The molecule has 2 rings (SSSR count). The maximum atomic E-state index is 12.5. The first-order valence-corrected chi connectivity index (χ1v) is 8.15. The monoisotopic (exact) mass is 319 g/mol. The van der Waals surface area contributed by atoms with Crippen LogP contribution in [-0.4, -0.2) is 39.6 Å². The maximum Gasteiger partial charge on any atom is 0.317 e. The van der Waals surface area contributed by atoms with Crippen LogP contribution in [0.5, 0.6) is 0 Å². The van der Waals surface area contributed by atoms with E-state index in [4.69, 9.17) is 5.11 Å². The molecule has 23 heavy (non-hydrogen) atoms. The number of nitrogens with one attached hydrogen (secondary N) is 1. The minimum atomic E-state index is -0.808. The molecule has 0 aliphatic carbocycles. The molecule has 6 nitrogen and oxygen atoms in total. The fourth-order valence-electron chi connectivity index (χ4n) is 3.04. The molecular weight excluding hydrogens is 294 g/mol. The van der Waals surface area contributed by atoms with Crippen LogP contribution in [-0.2, 0) is 11.3 Å². The van der Waals surface area contributed by atoms with Gasteiger partial charge in [-0.15, -0.1) is 0 Å². The van der Waals surface area contributed by atoms with E-state index < -0.39 is 5.97 Å². The lowest BCUT2D eigenvalue weighted by Crippen LogP contribution is -2.48. The van der Waals surface area contributed by atoms with Crippen LogP contribution in [0.1, 0.15) is 48.9 Å². The van der Waals surface area contributed by atoms with E-state index in [0.717, 1.165) is 36.1 Å². The standard InChI is InChI=1S/C17H25N3O3/c1-12-9-13(2)18-10-14(12)11-19-17(23)20-8-4-3-5-15(20)6-7-16(21)22/h9-10,15H,3-8,11H2,1-2H3,(H,19,23)(H,21,22). The Morgan fingerprint density at radius 3 is 2.87 bits per heavy atom. The van der Waals surface area contributed by atoms with Crippen molar-refractivity contribution in [2.24, 2.45) is 0 Å². The first-order chi connectivity index (χ1) is 11.0. The number of likely N-dealkylation sites (tertiary alicyclic amines) is 1. The van der Waals surface area contributed by atoms with Gasteiger partial charge >= 0.3 is 12.0 Å². The van der Waals surface area contributed by atoms with Gasteiger partial charge in [-0.25, -0.2) is 4.79 Å². The third kappa shape index (κ3) is 4.94. The molecule has 1 aliphatic heterocycles. The van der Waals surface area contributed by atoms with Crippen molar-refractivity contribution in [1.82, 2.24) is 15.2 Å². The minimum Gasteiger partial charge on any atom is -0.481 e. The van der Waals surface area contributed by atoms with Crippen LogP contribution in [0.3, 0.4) is 0 Å². The van der Waals surface area contributed by atoms with Gasteiger partial charge in [-0.05, 0) is 56.7 Å². The lowest BCUT2D eigenvalue weighted by molar-refractivity contribution is -0.137. The van der Waals surface area contributed by atoms with Gasteiger partial charge in [-0.2, -0.15) is 0 Å². The van der Waals surface area contributed by atoms with Gasteiger partial charge in [0.2, 0.25) is 0 Å². The number of amides is 2. The number of carbonyl (C=O) groups is 2. The predicted molar refractivity (Wildman–Crippen MR) is 87.2 cm³/mol. The van der Waals surface area contributed by atoms with Crippen molar-refractivity contribution in [3.63, 3.8) is 0 Å². The number of hydrogen-bond acceptors (Lipinski definition) is 3. The van der Waals surface area contributed by atoms with E-state index >= 15 is 0 Å². The van der Waals surface area contributed by atoms with Crippen LogP contribution < -0.4 is 5.32 Å². The summed E-state index contributed by atoms with van der Waals surface area (Å²) >= 11 is 0. The number of nitrogens with zero attached hydrogens (tertiary/aromatic N) is 2. The molecule has 2 amide bonds. The first-order valence-electron chi connectivity index (χ1n) is 8.15. The molecule has 1 saturated heterocycles. The number of piperidine rings is 1. The van der Waals surface area contributed by atoms with E-state index in [9.17, 15) is 9.59 Å². The van der Waals surface area contributed by atoms with Gasteiger partial charge in [0.15, 0.2) is 0 Å². The number of aliphatic carboxylic acids is 1. The molecule has 0 bridgehead atoms. The van der Waals surface area contributed by atoms with Crippen LogP contribution in [0, 0.1) is 13.8 Å². The number of carbonyl (C=O) groups excluding carboxylic acids is 1. The van der Waals surface area contributed by atoms with Crippen LogP contribution in [0.15, 0.2) is 12.3 Å². The van der Waals surface area contributed by atoms with Crippen molar-refractivity contribution >= 4 is 12.0 Å². The second kappa shape index (κ2) is 7.94. The van der Waals surface area contributed by atoms with Gasteiger partial charge in [0.05, 0.1) is 0 Å². The van der Waals surface area contributed by atoms with Gasteiger partial charge in [0, 0.05) is 37.4 Å². The molecule has 6 heteroatoms. The smallest absolute Gasteiger partial charge is 0.317 e. The topological polar surface area (TPSA) is 82.5 Å². The third-order valence-electron chi connectivity index (χ3n) is 4.37. The summed E-state index contributed by atoms with van der Waals surface area (Å²) in [5.41, 5.74) is 3.07. The van der Waals surface area contributed by atoms with Gasteiger partial charge in [0.25, 0.3) is 0 Å². The highest BCUT2D eigenvalue weighted by Crippen LogP contribution is 2.21. The molecule has 1 unspecified atom stereocenters. The minimum absolute atomic E-state index is 0.0251. The van der Waals surface area contributed by atoms with Crippen molar-refractivity contribution in [2.45, 2.75) is 58.5 Å². The highest BCUT2D eigenvalue weighted by Gasteiger charge is 2.26. The van der Waals surface area contributed by atoms with Crippen LogP contribution in [0.4, 0.5) is 4.79 Å².